The first-order valence-electron chi connectivity index (χ1n) is 6.80. The first-order valence-corrected chi connectivity index (χ1v) is 9.09. The molecule has 116 valence electrons. The molecule has 2 rings (SSSR count). The SMILES string of the molecule is O=[N+]([O-])c1cc(Cl)cc(Br)c1OCC1(CBr)CCCCC1. The van der Waals surface area contributed by atoms with Crippen molar-refractivity contribution >= 4 is 49.1 Å². The fourth-order valence-electron chi connectivity index (χ4n) is 2.67. The third kappa shape index (κ3) is 4.11. The number of alkyl halides is 1. The van der Waals surface area contributed by atoms with Gasteiger partial charge in [0.1, 0.15) is 0 Å². The quantitative estimate of drug-likeness (QED) is 0.333. The van der Waals surface area contributed by atoms with Gasteiger partial charge in [-0.15, -0.1) is 0 Å². The second-order valence-electron chi connectivity index (χ2n) is 5.48. The van der Waals surface area contributed by atoms with Crippen molar-refractivity contribution in [2.24, 2.45) is 5.41 Å². The number of ether oxygens (including phenoxy) is 1. The maximum atomic E-state index is 11.2. The van der Waals surface area contributed by atoms with Crippen LogP contribution < -0.4 is 4.74 Å². The summed E-state index contributed by atoms with van der Waals surface area (Å²) in [5.74, 6) is 0.260. The molecule has 0 amide bonds. The van der Waals surface area contributed by atoms with E-state index in [1.165, 1.54) is 25.3 Å². The van der Waals surface area contributed by atoms with Crippen LogP contribution in [0.25, 0.3) is 0 Å². The van der Waals surface area contributed by atoms with Crippen molar-refractivity contribution in [3.8, 4) is 5.75 Å². The average molecular weight is 442 g/mol. The van der Waals surface area contributed by atoms with Gasteiger partial charge in [-0.1, -0.05) is 46.8 Å². The molecule has 1 saturated carbocycles. The number of nitro groups is 1. The number of nitro benzene ring substituents is 1. The first kappa shape index (κ1) is 17.0. The molecule has 1 fully saturated rings. The Balaban J connectivity index is 2.21. The Morgan fingerprint density at radius 1 is 1.33 bits per heavy atom. The maximum absolute atomic E-state index is 11.2. The molecule has 1 aliphatic carbocycles. The normalized spacial score (nSPS) is 17.5. The van der Waals surface area contributed by atoms with Crippen molar-refractivity contribution < 1.29 is 9.66 Å². The Labute approximate surface area is 145 Å². The second-order valence-corrected chi connectivity index (χ2v) is 7.33. The number of nitrogens with zero attached hydrogens (tertiary/aromatic N) is 1. The third-order valence-corrected chi connectivity index (χ3v) is 5.90. The number of halogens is 3. The molecule has 0 N–H and O–H groups in total. The van der Waals surface area contributed by atoms with Crippen LogP contribution in [-0.2, 0) is 0 Å². The highest BCUT2D eigenvalue weighted by Crippen LogP contribution is 2.42. The number of hydrogen-bond acceptors (Lipinski definition) is 3. The van der Waals surface area contributed by atoms with Crippen LogP contribution in [0, 0.1) is 15.5 Å². The van der Waals surface area contributed by atoms with Crippen LogP contribution in [0.3, 0.4) is 0 Å². The Morgan fingerprint density at radius 3 is 2.57 bits per heavy atom. The van der Waals surface area contributed by atoms with Crippen LogP contribution in [0.4, 0.5) is 5.69 Å². The summed E-state index contributed by atoms with van der Waals surface area (Å²) in [6, 6.07) is 2.94. The summed E-state index contributed by atoms with van der Waals surface area (Å²) in [7, 11) is 0. The van der Waals surface area contributed by atoms with Gasteiger partial charge in [0.2, 0.25) is 5.75 Å². The lowest BCUT2D eigenvalue weighted by molar-refractivity contribution is -0.386. The van der Waals surface area contributed by atoms with E-state index in [9.17, 15) is 10.1 Å². The number of rotatable bonds is 5. The van der Waals surface area contributed by atoms with Crippen LogP contribution >= 0.6 is 43.5 Å². The van der Waals surface area contributed by atoms with Crippen molar-refractivity contribution in [3.05, 3.63) is 31.7 Å². The third-order valence-electron chi connectivity index (χ3n) is 3.91. The maximum Gasteiger partial charge on any atom is 0.313 e. The summed E-state index contributed by atoms with van der Waals surface area (Å²) in [6.07, 6.45) is 5.77. The van der Waals surface area contributed by atoms with E-state index in [0.717, 1.165) is 18.2 Å². The predicted molar refractivity (Wildman–Crippen MR) is 90.6 cm³/mol. The van der Waals surface area contributed by atoms with Gasteiger partial charge in [-0.3, -0.25) is 10.1 Å². The van der Waals surface area contributed by atoms with Crippen LogP contribution in [0.5, 0.6) is 5.75 Å². The van der Waals surface area contributed by atoms with Gasteiger partial charge in [0, 0.05) is 21.8 Å². The molecule has 0 atom stereocenters. The molecule has 0 heterocycles. The largest absolute Gasteiger partial charge is 0.485 e. The van der Waals surface area contributed by atoms with Gasteiger partial charge >= 0.3 is 5.69 Å². The van der Waals surface area contributed by atoms with Gasteiger partial charge in [-0.05, 0) is 34.8 Å². The first-order chi connectivity index (χ1) is 9.97. The number of benzene rings is 1. The molecule has 1 aliphatic rings. The van der Waals surface area contributed by atoms with Crippen molar-refractivity contribution in [3.63, 3.8) is 0 Å². The van der Waals surface area contributed by atoms with Crippen LogP contribution in [0.15, 0.2) is 16.6 Å². The summed E-state index contributed by atoms with van der Waals surface area (Å²) in [4.78, 5) is 10.7. The summed E-state index contributed by atoms with van der Waals surface area (Å²) in [5.41, 5.74) is -0.0412. The van der Waals surface area contributed by atoms with Gasteiger partial charge in [-0.25, -0.2) is 0 Å². The predicted octanol–water partition coefficient (Wildman–Crippen LogP) is 5.73. The Hall–Kier alpha value is -0.330. The van der Waals surface area contributed by atoms with E-state index in [0.29, 0.717) is 16.1 Å². The zero-order valence-electron chi connectivity index (χ0n) is 11.4. The highest BCUT2D eigenvalue weighted by molar-refractivity contribution is 9.10. The van der Waals surface area contributed by atoms with Gasteiger partial charge < -0.3 is 4.74 Å². The van der Waals surface area contributed by atoms with E-state index >= 15 is 0 Å². The van der Waals surface area contributed by atoms with Crippen LogP contribution in [0.1, 0.15) is 32.1 Å². The van der Waals surface area contributed by atoms with Gasteiger partial charge in [0.25, 0.3) is 0 Å². The molecule has 7 heteroatoms. The standard InChI is InChI=1S/C14H16Br2ClNO3/c15-8-14(4-2-1-3-5-14)9-21-13-11(16)6-10(17)7-12(13)18(19)20/h6-7H,1-5,8-9H2. The molecule has 0 saturated heterocycles. The van der Waals surface area contributed by atoms with Crippen molar-refractivity contribution in [2.75, 3.05) is 11.9 Å². The zero-order chi connectivity index (χ0) is 15.5. The van der Waals surface area contributed by atoms with Crippen molar-refractivity contribution in [1.29, 1.82) is 0 Å². The fraction of sp³-hybridized carbons (Fsp3) is 0.571. The Morgan fingerprint density at radius 2 is 2.00 bits per heavy atom. The van der Waals surface area contributed by atoms with Gasteiger partial charge in [0.15, 0.2) is 0 Å². The summed E-state index contributed by atoms with van der Waals surface area (Å²) < 4.78 is 6.36. The molecule has 21 heavy (non-hydrogen) atoms. The molecule has 0 spiro atoms. The minimum Gasteiger partial charge on any atom is -0.485 e. The molecule has 0 aromatic heterocycles. The minimum absolute atomic E-state index is 0.0607. The molecular formula is C14H16Br2ClNO3. The highest BCUT2D eigenvalue weighted by atomic mass is 79.9. The second kappa shape index (κ2) is 7.29. The molecule has 0 aliphatic heterocycles. The van der Waals surface area contributed by atoms with Crippen molar-refractivity contribution in [1.82, 2.24) is 0 Å². The molecular weight excluding hydrogens is 425 g/mol. The van der Waals surface area contributed by atoms with E-state index in [2.05, 4.69) is 31.9 Å². The van der Waals surface area contributed by atoms with Gasteiger partial charge in [0.05, 0.1) is 16.0 Å². The monoisotopic (exact) mass is 439 g/mol. The fourth-order valence-corrected chi connectivity index (χ4v) is 4.30. The van der Waals surface area contributed by atoms with E-state index in [4.69, 9.17) is 16.3 Å². The molecule has 0 bridgehead atoms. The smallest absolute Gasteiger partial charge is 0.313 e. The minimum atomic E-state index is -0.465. The molecule has 0 radical (unpaired) electrons. The lowest BCUT2D eigenvalue weighted by Gasteiger charge is -2.35. The highest BCUT2D eigenvalue weighted by Gasteiger charge is 2.33. The Kier molecular flexibility index (Phi) is 5.91. The zero-order valence-corrected chi connectivity index (χ0v) is 15.3. The van der Waals surface area contributed by atoms with E-state index in [-0.39, 0.29) is 16.9 Å². The Bertz CT molecular complexity index is 533. The summed E-state index contributed by atoms with van der Waals surface area (Å²) in [5, 5.41) is 12.3. The van der Waals surface area contributed by atoms with E-state index in [1.807, 2.05) is 0 Å². The topological polar surface area (TPSA) is 52.4 Å². The average Bonchev–Trinajstić information content (AvgIpc) is 2.46. The van der Waals surface area contributed by atoms with Crippen LogP contribution in [0.2, 0.25) is 5.02 Å². The number of hydrogen-bond donors (Lipinski definition) is 0. The molecule has 4 nitrogen and oxygen atoms in total. The molecule has 1 aromatic carbocycles. The van der Waals surface area contributed by atoms with Crippen molar-refractivity contribution in [2.45, 2.75) is 32.1 Å². The lowest BCUT2D eigenvalue weighted by Crippen LogP contribution is -2.32. The summed E-state index contributed by atoms with van der Waals surface area (Å²) >= 11 is 12.7. The summed E-state index contributed by atoms with van der Waals surface area (Å²) in [6.45, 7) is 0.472. The van der Waals surface area contributed by atoms with E-state index in [1.54, 1.807) is 6.07 Å². The van der Waals surface area contributed by atoms with Crippen LogP contribution in [-0.4, -0.2) is 16.9 Å². The lowest BCUT2D eigenvalue weighted by atomic mass is 9.76. The molecule has 1 aromatic rings. The molecule has 0 unspecified atom stereocenters. The van der Waals surface area contributed by atoms with E-state index < -0.39 is 4.92 Å². The van der Waals surface area contributed by atoms with Gasteiger partial charge in [-0.2, -0.15) is 0 Å².